The molecule has 1 aromatic heterocycles. The second kappa shape index (κ2) is 11.5. The standard InChI is InChI=1S/C27H27F2NO6/c1-16-14-22(17(2)30(16)20-8-10-21(11-9-20)36-27(28)29)26(32)18(3)35-25(31)13-7-19-6-12-23(33-4)24(15-19)34-5/h6-15,18,27H,1-5H3. The Hall–Kier alpha value is -4.14. The van der Waals surface area contributed by atoms with Crippen LogP contribution in [0.1, 0.15) is 34.2 Å². The Labute approximate surface area is 207 Å². The molecular weight excluding hydrogens is 472 g/mol. The monoisotopic (exact) mass is 499 g/mol. The van der Waals surface area contributed by atoms with E-state index in [1.807, 2.05) is 11.5 Å². The summed E-state index contributed by atoms with van der Waals surface area (Å²) in [7, 11) is 3.04. The minimum Gasteiger partial charge on any atom is -0.493 e. The van der Waals surface area contributed by atoms with E-state index in [0.29, 0.717) is 34.0 Å². The molecule has 1 heterocycles. The summed E-state index contributed by atoms with van der Waals surface area (Å²) >= 11 is 0. The van der Waals surface area contributed by atoms with Crippen molar-refractivity contribution < 1.29 is 37.3 Å². The van der Waals surface area contributed by atoms with Crippen LogP contribution < -0.4 is 14.2 Å². The van der Waals surface area contributed by atoms with E-state index in [0.717, 1.165) is 5.69 Å². The Morgan fingerprint density at radius 1 is 0.944 bits per heavy atom. The number of aromatic nitrogens is 1. The quantitative estimate of drug-likeness (QED) is 0.207. The van der Waals surface area contributed by atoms with Crippen LogP contribution in [-0.4, -0.2) is 43.3 Å². The van der Waals surface area contributed by atoms with Gasteiger partial charge in [-0.2, -0.15) is 8.78 Å². The van der Waals surface area contributed by atoms with E-state index in [2.05, 4.69) is 4.74 Å². The molecule has 0 bridgehead atoms. The predicted octanol–water partition coefficient (Wildman–Crippen LogP) is 5.54. The minimum atomic E-state index is -2.91. The van der Waals surface area contributed by atoms with Gasteiger partial charge >= 0.3 is 12.6 Å². The highest BCUT2D eigenvalue weighted by Gasteiger charge is 2.24. The molecule has 3 rings (SSSR count). The second-order valence-corrected chi connectivity index (χ2v) is 7.88. The zero-order valence-electron chi connectivity index (χ0n) is 20.6. The highest BCUT2D eigenvalue weighted by atomic mass is 19.3. The molecule has 0 saturated carbocycles. The fraction of sp³-hybridized carbons (Fsp3) is 0.259. The third-order valence-electron chi connectivity index (χ3n) is 5.50. The molecule has 0 aliphatic heterocycles. The number of benzene rings is 2. The lowest BCUT2D eigenvalue weighted by atomic mass is 10.1. The van der Waals surface area contributed by atoms with Crippen molar-refractivity contribution in [3.63, 3.8) is 0 Å². The maximum Gasteiger partial charge on any atom is 0.387 e. The van der Waals surface area contributed by atoms with Crippen LogP contribution in [0.15, 0.2) is 54.6 Å². The molecule has 9 heteroatoms. The summed E-state index contributed by atoms with van der Waals surface area (Å²) in [5, 5.41) is 0. The van der Waals surface area contributed by atoms with E-state index in [-0.39, 0.29) is 11.5 Å². The molecule has 0 N–H and O–H groups in total. The molecule has 1 unspecified atom stereocenters. The summed E-state index contributed by atoms with van der Waals surface area (Å²) in [6.45, 7) is 2.17. The van der Waals surface area contributed by atoms with E-state index >= 15 is 0 Å². The first-order chi connectivity index (χ1) is 17.1. The van der Waals surface area contributed by atoms with Crippen molar-refractivity contribution in [3.8, 4) is 22.9 Å². The third kappa shape index (κ3) is 6.10. The fourth-order valence-electron chi connectivity index (χ4n) is 3.79. The number of alkyl halides is 2. The highest BCUT2D eigenvalue weighted by molar-refractivity contribution is 6.02. The summed E-state index contributed by atoms with van der Waals surface area (Å²) < 4.78 is 46.8. The minimum absolute atomic E-state index is 0.0363. The number of carbonyl (C=O) groups excluding carboxylic acids is 2. The molecule has 7 nitrogen and oxygen atoms in total. The zero-order chi connectivity index (χ0) is 26.4. The van der Waals surface area contributed by atoms with Crippen LogP contribution in [0.4, 0.5) is 8.78 Å². The Balaban J connectivity index is 1.71. The number of ketones is 1. The number of nitrogens with zero attached hydrogens (tertiary/aromatic N) is 1. The van der Waals surface area contributed by atoms with Gasteiger partial charge in [0.25, 0.3) is 0 Å². The van der Waals surface area contributed by atoms with Gasteiger partial charge in [0, 0.05) is 28.7 Å². The van der Waals surface area contributed by atoms with Crippen LogP contribution in [0.25, 0.3) is 11.8 Å². The topological polar surface area (TPSA) is 76.0 Å². The van der Waals surface area contributed by atoms with Crippen LogP contribution in [0, 0.1) is 13.8 Å². The molecule has 0 spiro atoms. The Kier molecular flexibility index (Phi) is 8.47. The Morgan fingerprint density at radius 2 is 1.61 bits per heavy atom. The molecule has 3 aromatic rings. The third-order valence-corrected chi connectivity index (χ3v) is 5.50. The van der Waals surface area contributed by atoms with Crippen LogP contribution in [0.2, 0.25) is 0 Å². The van der Waals surface area contributed by atoms with Crippen molar-refractivity contribution in [1.82, 2.24) is 4.57 Å². The van der Waals surface area contributed by atoms with Crippen LogP contribution in [0.5, 0.6) is 17.2 Å². The molecule has 190 valence electrons. The average Bonchev–Trinajstić information content (AvgIpc) is 3.15. The molecular formula is C27H27F2NO6. The molecule has 0 aliphatic rings. The predicted molar refractivity (Wildman–Crippen MR) is 130 cm³/mol. The van der Waals surface area contributed by atoms with E-state index in [4.69, 9.17) is 14.2 Å². The van der Waals surface area contributed by atoms with Gasteiger partial charge in [-0.15, -0.1) is 0 Å². The van der Waals surface area contributed by atoms with Gasteiger partial charge in [0.2, 0.25) is 5.78 Å². The largest absolute Gasteiger partial charge is 0.493 e. The van der Waals surface area contributed by atoms with Crippen LogP contribution >= 0.6 is 0 Å². The number of aryl methyl sites for hydroxylation is 1. The number of esters is 1. The van der Waals surface area contributed by atoms with Gasteiger partial charge in [-0.25, -0.2) is 4.79 Å². The SMILES string of the molecule is COc1ccc(C=CC(=O)OC(C)C(=O)c2cc(C)n(-c3ccc(OC(F)F)cc3)c2C)cc1OC. The summed E-state index contributed by atoms with van der Waals surface area (Å²) in [6.07, 6.45) is 1.76. The first kappa shape index (κ1) is 26.5. The summed E-state index contributed by atoms with van der Waals surface area (Å²) in [6, 6.07) is 13.0. The number of halogens is 2. The average molecular weight is 500 g/mol. The Morgan fingerprint density at radius 3 is 2.22 bits per heavy atom. The Bertz CT molecular complexity index is 1260. The van der Waals surface area contributed by atoms with Crippen LogP contribution in [0.3, 0.4) is 0 Å². The van der Waals surface area contributed by atoms with E-state index in [9.17, 15) is 18.4 Å². The molecule has 0 amide bonds. The van der Waals surface area contributed by atoms with Crippen molar-refractivity contribution >= 4 is 17.8 Å². The normalized spacial score (nSPS) is 12.0. The molecule has 0 radical (unpaired) electrons. The van der Waals surface area contributed by atoms with Gasteiger partial charge < -0.3 is 23.5 Å². The summed E-state index contributed by atoms with van der Waals surface area (Å²) in [5.41, 5.74) is 3.14. The van der Waals surface area contributed by atoms with Crippen molar-refractivity contribution in [1.29, 1.82) is 0 Å². The number of methoxy groups -OCH3 is 2. The molecule has 1 atom stereocenters. The van der Waals surface area contributed by atoms with Gasteiger partial charge in [-0.1, -0.05) is 6.07 Å². The first-order valence-corrected chi connectivity index (χ1v) is 11.0. The smallest absolute Gasteiger partial charge is 0.387 e. The number of carbonyl (C=O) groups is 2. The molecule has 0 saturated heterocycles. The van der Waals surface area contributed by atoms with Gasteiger partial charge in [0.15, 0.2) is 17.6 Å². The summed E-state index contributed by atoms with van der Waals surface area (Å²) in [5.74, 6) is 0.0812. The van der Waals surface area contributed by atoms with E-state index in [1.54, 1.807) is 49.4 Å². The van der Waals surface area contributed by atoms with Crippen LogP contribution in [-0.2, 0) is 9.53 Å². The first-order valence-electron chi connectivity index (χ1n) is 11.0. The van der Waals surface area contributed by atoms with Gasteiger partial charge in [-0.3, -0.25) is 4.79 Å². The molecule has 0 fully saturated rings. The highest BCUT2D eigenvalue weighted by Crippen LogP contribution is 2.28. The van der Waals surface area contributed by atoms with Gasteiger partial charge in [0.1, 0.15) is 5.75 Å². The maximum absolute atomic E-state index is 13.1. The van der Waals surface area contributed by atoms with Crippen molar-refractivity contribution in [2.24, 2.45) is 0 Å². The fourth-order valence-corrected chi connectivity index (χ4v) is 3.79. The maximum atomic E-state index is 13.1. The lowest BCUT2D eigenvalue weighted by Crippen LogP contribution is -2.24. The van der Waals surface area contributed by atoms with E-state index in [1.165, 1.54) is 39.4 Å². The molecule has 0 aliphatic carbocycles. The number of hydrogen-bond donors (Lipinski definition) is 0. The number of hydrogen-bond acceptors (Lipinski definition) is 6. The number of ether oxygens (including phenoxy) is 4. The summed E-state index contributed by atoms with van der Waals surface area (Å²) in [4.78, 5) is 25.4. The lowest BCUT2D eigenvalue weighted by Gasteiger charge is -2.13. The second-order valence-electron chi connectivity index (χ2n) is 7.88. The van der Waals surface area contributed by atoms with Gasteiger partial charge in [0.05, 0.1) is 14.2 Å². The lowest BCUT2D eigenvalue weighted by molar-refractivity contribution is -0.140. The number of Topliss-reactive ketones (excluding diaryl/α,β-unsaturated/α-hetero) is 1. The van der Waals surface area contributed by atoms with Crippen molar-refractivity contribution in [3.05, 3.63) is 77.1 Å². The van der Waals surface area contributed by atoms with E-state index < -0.39 is 18.7 Å². The van der Waals surface area contributed by atoms with Gasteiger partial charge in [-0.05, 0) is 74.9 Å². The van der Waals surface area contributed by atoms with Crippen molar-refractivity contribution in [2.45, 2.75) is 33.5 Å². The van der Waals surface area contributed by atoms with Crippen molar-refractivity contribution in [2.75, 3.05) is 14.2 Å². The zero-order valence-corrected chi connectivity index (χ0v) is 20.6. The molecule has 36 heavy (non-hydrogen) atoms. The molecule has 2 aromatic carbocycles. The number of rotatable bonds is 10.